The lowest BCUT2D eigenvalue weighted by Crippen LogP contribution is -2.23. The molecule has 7 heteroatoms. The molecule has 108 valence electrons. The van der Waals surface area contributed by atoms with Crippen molar-refractivity contribution in [2.24, 2.45) is 0 Å². The molecule has 1 aromatic heterocycles. The first-order chi connectivity index (χ1) is 9.53. The first kappa shape index (κ1) is 15.1. The molecule has 1 aromatic carbocycles. The van der Waals surface area contributed by atoms with E-state index in [1.165, 1.54) is 11.3 Å². The Morgan fingerprint density at radius 3 is 2.85 bits per heavy atom. The normalized spacial score (nSPS) is 13.3. The van der Waals surface area contributed by atoms with Crippen LogP contribution >= 0.6 is 11.3 Å². The quantitative estimate of drug-likeness (QED) is 0.855. The summed E-state index contributed by atoms with van der Waals surface area (Å²) in [4.78, 5) is 4.33. The predicted octanol–water partition coefficient (Wildman–Crippen LogP) is 1.90. The Morgan fingerprint density at radius 1 is 1.40 bits per heavy atom. The van der Waals surface area contributed by atoms with Crippen LogP contribution in [0.2, 0.25) is 0 Å². The van der Waals surface area contributed by atoms with E-state index in [1.807, 2.05) is 25.4 Å². The average molecular weight is 311 g/mol. The van der Waals surface area contributed by atoms with E-state index in [2.05, 4.69) is 15.0 Å². The molecule has 0 aliphatic carbocycles. The molecule has 2 rings (SSSR count). The summed E-state index contributed by atoms with van der Waals surface area (Å²) >= 11 is 1.42. The number of nitrogens with one attached hydrogen (secondary N) is 2. The third kappa shape index (κ3) is 3.63. The minimum Gasteiger partial charge on any atom is -0.313 e. The smallest absolute Gasteiger partial charge is 0.240 e. The van der Waals surface area contributed by atoms with E-state index in [0.29, 0.717) is 0 Å². The van der Waals surface area contributed by atoms with E-state index < -0.39 is 10.0 Å². The number of sulfonamides is 1. The van der Waals surface area contributed by atoms with Crippen molar-refractivity contribution in [2.45, 2.75) is 24.4 Å². The molecule has 2 aromatic rings. The molecule has 1 unspecified atom stereocenters. The Morgan fingerprint density at radius 2 is 2.20 bits per heavy atom. The molecule has 0 spiro atoms. The Kier molecular flexibility index (Phi) is 4.87. The maximum absolute atomic E-state index is 12.2. The van der Waals surface area contributed by atoms with Crippen LogP contribution < -0.4 is 10.0 Å². The number of hydrogen-bond acceptors (Lipinski definition) is 5. The van der Waals surface area contributed by atoms with Crippen LogP contribution in [0.25, 0.3) is 0 Å². The van der Waals surface area contributed by atoms with Gasteiger partial charge < -0.3 is 5.32 Å². The SMILES string of the molecule is CNC(C)c1cccc(S(=O)(=O)NCc2nccs2)c1. The molecule has 1 atom stereocenters. The highest BCUT2D eigenvalue weighted by Gasteiger charge is 2.15. The lowest BCUT2D eigenvalue weighted by Gasteiger charge is -2.12. The zero-order valence-corrected chi connectivity index (χ0v) is 13.0. The number of aromatic nitrogens is 1. The van der Waals surface area contributed by atoms with E-state index in [4.69, 9.17) is 0 Å². The number of hydrogen-bond donors (Lipinski definition) is 2. The molecule has 2 N–H and O–H groups in total. The fourth-order valence-corrected chi connectivity index (χ4v) is 3.39. The van der Waals surface area contributed by atoms with Crippen molar-refractivity contribution in [1.82, 2.24) is 15.0 Å². The van der Waals surface area contributed by atoms with Crippen molar-refractivity contribution in [3.05, 3.63) is 46.4 Å². The minimum absolute atomic E-state index is 0.101. The second kappa shape index (κ2) is 6.45. The van der Waals surface area contributed by atoms with Gasteiger partial charge in [-0.2, -0.15) is 0 Å². The summed E-state index contributed by atoms with van der Waals surface area (Å²) in [5, 5.41) is 5.65. The number of benzene rings is 1. The van der Waals surface area contributed by atoms with Gasteiger partial charge in [-0.1, -0.05) is 12.1 Å². The lowest BCUT2D eigenvalue weighted by atomic mass is 10.1. The van der Waals surface area contributed by atoms with Crippen LogP contribution in [-0.2, 0) is 16.6 Å². The van der Waals surface area contributed by atoms with Gasteiger partial charge in [0.25, 0.3) is 0 Å². The highest BCUT2D eigenvalue weighted by Crippen LogP contribution is 2.17. The summed E-state index contributed by atoms with van der Waals surface area (Å²) in [6.07, 6.45) is 1.66. The molecule has 0 radical (unpaired) electrons. The molecule has 0 saturated carbocycles. The van der Waals surface area contributed by atoms with Gasteiger partial charge in [0.2, 0.25) is 10.0 Å². The van der Waals surface area contributed by atoms with Crippen molar-refractivity contribution in [1.29, 1.82) is 0 Å². The van der Waals surface area contributed by atoms with Crippen LogP contribution in [-0.4, -0.2) is 20.4 Å². The summed E-state index contributed by atoms with van der Waals surface area (Å²) < 4.78 is 27.0. The Bertz CT molecular complexity index is 654. The van der Waals surface area contributed by atoms with Crippen molar-refractivity contribution < 1.29 is 8.42 Å². The van der Waals surface area contributed by atoms with E-state index in [1.54, 1.807) is 24.4 Å². The van der Waals surface area contributed by atoms with E-state index in [9.17, 15) is 8.42 Å². The monoisotopic (exact) mass is 311 g/mol. The summed E-state index contributed by atoms with van der Waals surface area (Å²) in [5.41, 5.74) is 0.935. The van der Waals surface area contributed by atoms with Crippen molar-refractivity contribution >= 4 is 21.4 Å². The molecule has 0 aliphatic rings. The molecule has 1 heterocycles. The third-order valence-corrected chi connectivity index (χ3v) is 5.18. The second-order valence-corrected chi connectivity index (χ2v) is 7.08. The highest BCUT2D eigenvalue weighted by atomic mass is 32.2. The third-order valence-electron chi connectivity index (χ3n) is 3.00. The summed E-state index contributed by atoms with van der Waals surface area (Å²) in [5.74, 6) is 0. The summed E-state index contributed by atoms with van der Waals surface area (Å²) in [6.45, 7) is 2.19. The maximum Gasteiger partial charge on any atom is 0.240 e. The summed E-state index contributed by atoms with van der Waals surface area (Å²) in [7, 11) is -1.67. The zero-order chi connectivity index (χ0) is 14.6. The minimum atomic E-state index is -3.51. The number of rotatable bonds is 6. The van der Waals surface area contributed by atoms with Gasteiger partial charge in [0, 0.05) is 17.6 Å². The topological polar surface area (TPSA) is 71.1 Å². The van der Waals surface area contributed by atoms with E-state index in [0.717, 1.165) is 10.6 Å². The van der Waals surface area contributed by atoms with Gasteiger partial charge in [-0.25, -0.2) is 18.1 Å². The van der Waals surface area contributed by atoms with Crippen LogP contribution in [0.5, 0.6) is 0 Å². The standard InChI is InChI=1S/C13H17N3O2S2/c1-10(14-2)11-4-3-5-12(8-11)20(17,18)16-9-13-15-6-7-19-13/h3-8,10,14,16H,9H2,1-2H3. The van der Waals surface area contributed by atoms with Gasteiger partial charge in [-0.3, -0.25) is 0 Å². The van der Waals surface area contributed by atoms with Crippen molar-refractivity contribution in [3.63, 3.8) is 0 Å². The maximum atomic E-state index is 12.2. The van der Waals surface area contributed by atoms with Gasteiger partial charge in [0.1, 0.15) is 5.01 Å². The molecule has 0 amide bonds. The molecule has 0 saturated heterocycles. The Balaban J connectivity index is 2.16. The molecule has 5 nitrogen and oxygen atoms in total. The fourth-order valence-electron chi connectivity index (χ4n) is 1.70. The Labute approximate surface area is 123 Å². The predicted molar refractivity (Wildman–Crippen MR) is 80.1 cm³/mol. The van der Waals surface area contributed by atoms with Crippen molar-refractivity contribution in [2.75, 3.05) is 7.05 Å². The van der Waals surface area contributed by atoms with Gasteiger partial charge in [0.05, 0.1) is 11.4 Å². The van der Waals surface area contributed by atoms with Crippen LogP contribution in [0.1, 0.15) is 23.5 Å². The Hall–Kier alpha value is -1.28. The van der Waals surface area contributed by atoms with Gasteiger partial charge >= 0.3 is 0 Å². The summed E-state index contributed by atoms with van der Waals surface area (Å²) in [6, 6.07) is 7.04. The molecular formula is C13H17N3O2S2. The average Bonchev–Trinajstić information content (AvgIpc) is 2.98. The van der Waals surface area contributed by atoms with Gasteiger partial charge in [-0.15, -0.1) is 11.3 Å². The highest BCUT2D eigenvalue weighted by molar-refractivity contribution is 7.89. The molecule has 0 aliphatic heterocycles. The second-order valence-electron chi connectivity index (χ2n) is 4.33. The molecule has 20 heavy (non-hydrogen) atoms. The molecule has 0 fully saturated rings. The van der Waals surface area contributed by atoms with Crippen LogP contribution in [0, 0.1) is 0 Å². The van der Waals surface area contributed by atoms with Crippen LogP contribution in [0.15, 0.2) is 40.7 Å². The largest absolute Gasteiger partial charge is 0.313 e. The number of thiazole rings is 1. The van der Waals surface area contributed by atoms with E-state index in [-0.39, 0.29) is 17.5 Å². The zero-order valence-electron chi connectivity index (χ0n) is 11.3. The molecule has 0 bridgehead atoms. The fraction of sp³-hybridized carbons (Fsp3) is 0.308. The molecular weight excluding hydrogens is 294 g/mol. The number of nitrogens with zero attached hydrogens (tertiary/aromatic N) is 1. The van der Waals surface area contributed by atoms with Gasteiger partial charge in [-0.05, 0) is 31.7 Å². The van der Waals surface area contributed by atoms with E-state index >= 15 is 0 Å². The van der Waals surface area contributed by atoms with Crippen LogP contribution in [0.4, 0.5) is 0 Å². The first-order valence-corrected chi connectivity index (χ1v) is 8.54. The lowest BCUT2D eigenvalue weighted by molar-refractivity contribution is 0.580. The first-order valence-electron chi connectivity index (χ1n) is 6.18. The van der Waals surface area contributed by atoms with Gasteiger partial charge in [0.15, 0.2) is 0 Å². The van der Waals surface area contributed by atoms with Crippen LogP contribution in [0.3, 0.4) is 0 Å². The van der Waals surface area contributed by atoms with Crippen molar-refractivity contribution in [3.8, 4) is 0 Å².